The fourth-order valence-corrected chi connectivity index (χ4v) is 2.51. The number of carbonyl (C=O) groups excluding carboxylic acids is 1. The van der Waals surface area contributed by atoms with Gasteiger partial charge in [0.2, 0.25) is 0 Å². The topological polar surface area (TPSA) is 60.8 Å². The molecule has 1 heterocycles. The van der Waals surface area contributed by atoms with E-state index in [1.807, 2.05) is 27.7 Å². The number of hydrogen-bond acceptors (Lipinski definition) is 4. The van der Waals surface area contributed by atoms with Crippen LogP contribution in [0.25, 0.3) is 0 Å². The zero-order valence-corrected chi connectivity index (χ0v) is 11.8. The van der Waals surface area contributed by atoms with Crippen LogP contribution in [-0.4, -0.2) is 38.3 Å². The Bertz CT molecular complexity index is 407. The predicted octanol–water partition coefficient (Wildman–Crippen LogP) is 2.07. The predicted molar refractivity (Wildman–Crippen MR) is 70.3 cm³/mol. The molecule has 18 heavy (non-hydrogen) atoms. The summed E-state index contributed by atoms with van der Waals surface area (Å²) in [5.41, 5.74) is -0.157. The van der Waals surface area contributed by atoms with Crippen molar-refractivity contribution in [2.75, 3.05) is 0 Å². The lowest BCUT2D eigenvalue weighted by Gasteiger charge is -2.47. The molecule has 4 nitrogen and oxygen atoms in total. The van der Waals surface area contributed by atoms with Gasteiger partial charge in [0.1, 0.15) is 6.10 Å². The monoisotopic (exact) mass is 253 g/mol. The standard InChI is InChI=1S/C14H23NO3/c1-9(10(2)16)12(17)11-7-13(3,4)15(18)14(5,6)8-11/h7,12,17-18H,1,8H2,2-6H3. The van der Waals surface area contributed by atoms with E-state index < -0.39 is 17.2 Å². The number of aliphatic hydroxyl groups excluding tert-OH is 1. The molecule has 1 unspecified atom stereocenters. The third-order valence-corrected chi connectivity index (χ3v) is 3.43. The molecule has 0 aromatic rings. The molecule has 0 aromatic heterocycles. The fourth-order valence-electron chi connectivity index (χ4n) is 2.51. The molecule has 0 amide bonds. The van der Waals surface area contributed by atoms with Crippen molar-refractivity contribution in [2.45, 2.75) is 58.2 Å². The van der Waals surface area contributed by atoms with Crippen molar-refractivity contribution < 1.29 is 15.1 Å². The van der Waals surface area contributed by atoms with E-state index in [1.165, 1.54) is 12.0 Å². The lowest BCUT2D eigenvalue weighted by Crippen LogP contribution is -2.56. The molecular weight excluding hydrogens is 230 g/mol. The molecule has 0 radical (unpaired) electrons. The number of hydroxylamine groups is 2. The number of carbonyl (C=O) groups is 1. The smallest absolute Gasteiger partial charge is 0.158 e. The van der Waals surface area contributed by atoms with Gasteiger partial charge in [0.05, 0.1) is 5.54 Å². The molecule has 0 aliphatic carbocycles. The van der Waals surface area contributed by atoms with Gasteiger partial charge in [-0.1, -0.05) is 12.7 Å². The van der Waals surface area contributed by atoms with E-state index in [4.69, 9.17) is 0 Å². The van der Waals surface area contributed by atoms with Gasteiger partial charge >= 0.3 is 0 Å². The summed E-state index contributed by atoms with van der Waals surface area (Å²) in [6.45, 7) is 12.5. The van der Waals surface area contributed by atoms with Crippen molar-refractivity contribution in [3.8, 4) is 0 Å². The Labute approximate surface area is 109 Å². The van der Waals surface area contributed by atoms with Crippen LogP contribution in [0.2, 0.25) is 0 Å². The second-order valence-electron chi connectivity index (χ2n) is 6.16. The highest BCUT2D eigenvalue weighted by molar-refractivity contribution is 5.94. The van der Waals surface area contributed by atoms with Crippen LogP contribution in [0.4, 0.5) is 0 Å². The molecule has 0 spiro atoms. The van der Waals surface area contributed by atoms with E-state index in [-0.39, 0.29) is 11.4 Å². The molecule has 4 heteroatoms. The number of aliphatic hydroxyl groups is 1. The molecule has 0 saturated carbocycles. The van der Waals surface area contributed by atoms with E-state index in [1.54, 1.807) is 6.08 Å². The molecule has 1 aliphatic rings. The summed E-state index contributed by atoms with van der Waals surface area (Å²) in [6, 6.07) is 0. The van der Waals surface area contributed by atoms with Crippen LogP contribution < -0.4 is 0 Å². The van der Waals surface area contributed by atoms with Crippen molar-refractivity contribution in [1.82, 2.24) is 5.06 Å². The SMILES string of the molecule is C=C(C(C)=O)C(O)C1=CC(C)(C)N(O)C(C)(C)C1. The minimum atomic E-state index is -0.963. The number of ketones is 1. The van der Waals surface area contributed by atoms with E-state index in [0.717, 1.165) is 5.57 Å². The number of rotatable bonds is 3. The van der Waals surface area contributed by atoms with Gasteiger partial charge in [0.25, 0.3) is 0 Å². The van der Waals surface area contributed by atoms with E-state index in [9.17, 15) is 15.1 Å². The number of Topliss-reactive ketones (excluding diaryl/α,β-unsaturated/α-hetero) is 1. The van der Waals surface area contributed by atoms with Gasteiger partial charge in [-0.15, -0.1) is 0 Å². The maximum absolute atomic E-state index is 11.3. The van der Waals surface area contributed by atoms with E-state index >= 15 is 0 Å². The van der Waals surface area contributed by atoms with Gasteiger partial charge in [-0.05, 0) is 46.6 Å². The third kappa shape index (κ3) is 2.71. The lowest BCUT2D eigenvalue weighted by molar-refractivity contribution is -0.214. The first-order valence-electron chi connectivity index (χ1n) is 6.07. The largest absolute Gasteiger partial charge is 0.384 e. The zero-order valence-electron chi connectivity index (χ0n) is 11.8. The van der Waals surface area contributed by atoms with Gasteiger partial charge in [-0.3, -0.25) is 4.79 Å². The Hall–Kier alpha value is -0.970. The fraction of sp³-hybridized carbons (Fsp3) is 0.643. The minimum Gasteiger partial charge on any atom is -0.384 e. The van der Waals surface area contributed by atoms with Gasteiger partial charge in [0, 0.05) is 11.1 Å². The van der Waals surface area contributed by atoms with E-state index in [2.05, 4.69) is 6.58 Å². The van der Waals surface area contributed by atoms with Crippen LogP contribution in [0, 0.1) is 0 Å². The highest BCUT2D eigenvalue weighted by Crippen LogP contribution is 2.37. The lowest BCUT2D eigenvalue weighted by atomic mass is 9.79. The molecule has 0 bridgehead atoms. The van der Waals surface area contributed by atoms with Crippen LogP contribution in [-0.2, 0) is 4.79 Å². The maximum atomic E-state index is 11.3. The first-order chi connectivity index (χ1) is 7.99. The van der Waals surface area contributed by atoms with Crippen molar-refractivity contribution in [1.29, 1.82) is 0 Å². The molecule has 1 rings (SSSR count). The molecule has 1 atom stereocenters. The van der Waals surface area contributed by atoms with Gasteiger partial charge in [-0.25, -0.2) is 0 Å². The molecule has 2 N–H and O–H groups in total. The number of nitrogens with zero attached hydrogens (tertiary/aromatic N) is 1. The summed E-state index contributed by atoms with van der Waals surface area (Å²) in [5.74, 6) is -0.217. The second kappa shape index (κ2) is 4.61. The average molecular weight is 253 g/mol. The quantitative estimate of drug-likeness (QED) is 0.597. The number of hydrogen-bond donors (Lipinski definition) is 2. The van der Waals surface area contributed by atoms with Gasteiger partial charge < -0.3 is 10.3 Å². The average Bonchev–Trinajstić information content (AvgIpc) is 2.22. The molecule has 0 aromatic carbocycles. The normalized spacial score (nSPS) is 24.3. The summed E-state index contributed by atoms with van der Waals surface area (Å²) in [6.07, 6.45) is 1.33. The van der Waals surface area contributed by atoms with Gasteiger partial charge in [-0.2, -0.15) is 5.06 Å². The van der Waals surface area contributed by atoms with E-state index in [0.29, 0.717) is 6.42 Å². The second-order valence-corrected chi connectivity index (χ2v) is 6.16. The molecule has 0 fully saturated rings. The summed E-state index contributed by atoms with van der Waals surface area (Å²) in [4.78, 5) is 11.3. The van der Waals surface area contributed by atoms with Crippen molar-refractivity contribution >= 4 is 5.78 Å². The Morgan fingerprint density at radius 2 is 1.94 bits per heavy atom. The summed E-state index contributed by atoms with van der Waals surface area (Å²) in [5, 5.41) is 21.6. The van der Waals surface area contributed by atoms with Gasteiger partial charge in [0.15, 0.2) is 5.78 Å². The maximum Gasteiger partial charge on any atom is 0.158 e. The van der Waals surface area contributed by atoms with Crippen molar-refractivity contribution in [3.05, 3.63) is 23.8 Å². The first kappa shape index (κ1) is 15.1. The highest BCUT2D eigenvalue weighted by Gasteiger charge is 2.42. The molecule has 1 aliphatic heterocycles. The Balaban J connectivity index is 3.11. The molecule has 102 valence electrons. The van der Waals surface area contributed by atoms with Crippen LogP contribution in [0.15, 0.2) is 23.8 Å². The van der Waals surface area contributed by atoms with Crippen LogP contribution in [0.3, 0.4) is 0 Å². The Kier molecular flexibility index (Phi) is 3.86. The van der Waals surface area contributed by atoms with Crippen LogP contribution >= 0.6 is 0 Å². The Morgan fingerprint density at radius 1 is 1.44 bits per heavy atom. The summed E-state index contributed by atoms with van der Waals surface area (Å²) in [7, 11) is 0. The zero-order chi connectivity index (χ0) is 14.3. The molecular formula is C14H23NO3. The summed E-state index contributed by atoms with van der Waals surface area (Å²) >= 11 is 0. The highest BCUT2D eigenvalue weighted by atomic mass is 16.5. The van der Waals surface area contributed by atoms with Crippen LogP contribution in [0.1, 0.15) is 41.0 Å². The molecule has 0 saturated heterocycles. The van der Waals surface area contributed by atoms with Crippen molar-refractivity contribution in [2.24, 2.45) is 0 Å². The Morgan fingerprint density at radius 3 is 2.33 bits per heavy atom. The summed E-state index contributed by atoms with van der Waals surface area (Å²) < 4.78 is 0. The van der Waals surface area contributed by atoms with Crippen molar-refractivity contribution in [3.63, 3.8) is 0 Å². The minimum absolute atomic E-state index is 0.194. The van der Waals surface area contributed by atoms with Crippen LogP contribution in [0.5, 0.6) is 0 Å². The third-order valence-electron chi connectivity index (χ3n) is 3.43. The first-order valence-corrected chi connectivity index (χ1v) is 6.07.